The standard InChI is InChI=1S/C6H10O4/c7-3-5-6(9)4(8)1-2-10-5/h4-9H,2-3H2/t4-,5+,6-/m0/s1. The Morgan fingerprint density at radius 2 is 2.20 bits per heavy atom. The normalized spacial score (nSPS) is 41.7. The van der Waals surface area contributed by atoms with Gasteiger partial charge in [-0.25, -0.2) is 0 Å². The molecule has 3 N–H and O–H groups in total. The molecule has 0 bridgehead atoms. The van der Waals surface area contributed by atoms with E-state index in [4.69, 9.17) is 20.1 Å². The van der Waals surface area contributed by atoms with Crippen LogP contribution in [0.25, 0.3) is 0 Å². The molecule has 0 aliphatic carbocycles. The largest absolute Gasteiger partial charge is 0.394 e. The average molecular weight is 146 g/mol. The molecule has 4 nitrogen and oxygen atoms in total. The van der Waals surface area contributed by atoms with E-state index in [1.54, 1.807) is 0 Å². The molecule has 0 unspecified atom stereocenters. The van der Waals surface area contributed by atoms with Gasteiger partial charge in [-0.15, -0.1) is 0 Å². The van der Waals surface area contributed by atoms with Crippen LogP contribution in [0.1, 0.15) is 0 Å². The molecule has 1 saturated heterocycles. The van der Waals surface area contributed by atoms with Gasteiger partial charge in [-0.2, -0.15) is 0 Å². The third kappa shape index (κ3) is 1.46. The summed E-state index contributed by atoms with van der Waals surface area (Å²) in [5, 5.41) is 26.5. The van der Waals surface area contributed by atoms with Crippen LogP contribution in [0.3, 0.4) is 0 Å². The SMILES string of the molecule is OC[C@H]1OC[C][C@H](O)[C@@H]1O. The van der Waals surface area contributed by atoms with Crippen molar-refractivity contribution in [2.45, 2.75) is 18.3 Å². The second-order valence-corrected chi connectivity index (χ2v) is 2.17. The molecule has 3 atom stereocenters. The Morgan fingerprint density at radius 3 is 2.70 bits per heavy atom. The summed E-state index contributed by atoms with van der Waals surface area (Å²) in [5.74, 6) is 0. The van der Waals surface area contributed by atoms with Crippen molar-refractivity contribution in [1.82, 2.24) is 0 Å². The van der Waals surface area contributed by atoms with Crippen LogP contribution in [0.5, 0.6) is 0 Å². The highest BCUT2D eigenvalue weighted by molar-refractivity contribution is 4.90. The fourth-order valence-electron chi connectivity index (χ4n) is 0.824. The summed E-state index contributed by atoms with van der Waals surface area (Å²) in [6.07, 6.45) is -0.239. The molecule has 58 valence electrons. The van der Waals surface area contributed by atoms with E-state index in [1.807, 2.05) is 0 Å². The van der Waals surface area contributed by atoms with Gasteiger partial charge < -0.3 is 20.1 Å². The molecule has 1 aliphatic rings. The zero-order valence-electron chi connectivity index (χ0n) is 5.40. The van der Waals surface area contributed by atoms with Crippen LogP contribution >= 0.6 is 0 Å². The number of aliphatic hydroxyl groups excluding tert-OH is 3. The first kappa shape index (κ1) is 7.94. The van der Waals surface area contributed by atoms with E-state index in [2.05, 4.69) is 6.42 Å². The summed E-state index contributed by atoms with van der Waals surface area (Å²) in [7, 11) is 0. The van der Waals surface area contributed by atoms with Crippen molar-refractivity contribution in [3.63, 3.8) is 0 Å². The van der Waals surface area contributed by atoms with Gasteiger partial charge in [-0.3, -0.25) is 0 Å². The predicted octanol–water partition coefficient (Wildman–Crippen LogP) is -1.82. The van der Waals surface area contributed by atoms with Crippen molar-refractivity contribution in [2.24, 2.45) is 0 Å². The minimum Gasteiger partial charge on any atom is -0.394 e. The molecule has 0 aromatic carbocycles. The summed E-state index contributed by atoms with van der Waals surface area (Å²) in [4.78, 5) is 0. The van der Waals surface area contributed by atoms with Gasteiger partial charge in [0, 0.05) is 6.42 Å². The maximum absolute atomic E-state index is 9.04. The van der Waals surface area contributed by atoms with Gasteiger partial charge in [0.2, 0.25) is 0 Å². The molecule has 0 aromatic rings. The van der Waals surface area contributed by atoms with E-state index >= 15 is 0 Å². The fraction of sp³-hybridized carbons (Fsp3) is 0.833. The van der Waals surface area contributed by atoms with E-state index in [1.165, 1.54) is 0 Å². The Labute approximate surface area is 59.1 Å². The quantitative estimate of drug-likeness (QED) is 0.407. The van der Waals surface area contributed by atoms with Crippen molar-refractivity contribution in [1.29, 1.82) is 0 Å². The van der Waals surface area contributed by atoms with E-state index in [9.17, 15) is 0 Å². The lowest BCUT2D eigenvalue weighted by molar-refractivity contribution is -0.124. The molecule has 1 fully saturated rings. The van der Waals surface area contributed by atoms with E-state index in [0.29, 0.717) is 0 Å². The highest BCUT2D eigenvalue weighted by atomic mass is 16.5. The van der Waals surface area contributed by atoms with Crippen LogP contribution in [0.2, 0.25) is 0 Å². The number of hydrogen-bond donors (Lipinski definition) is 3. The molecule has 10 heavy (non-hydrogen) atoms. The lowest BCUT2D eigenvalue weighted by Crippen LogP contribution is -2.46. The molecule has 1 rings (SSSR count). The van der Waals surface area contributed by atoms with Crippen molar-refractivity contribution < 1.29 is 20.1 Å². The Balaban J connectivity index is 2.42. The molecule has 0 aromatic heterocycles. The van der Waals surface area contributed by atoms with Gasteiger partial charge in [-0.1, -0.05) is 0 Å². The van der Waals surface area contributed by atoms with E-state index in [-0.39, 0.29) is 13.2 Å². The maximum Gasteiger partial charge on any atom is 0.109 e. The monoisotopic (exact) mass is 146 g/mol. The summed E-state index contributed by atoms with van der Waals surface area (Å²) in [6, 6.07) is 0. The number of aliphatic hydroxyl groups is 3. The first-order valence-electron chi connectivity index (χ1n) is 3.07. The van der Waals surface area contributed by atoms with E-state index in [0.717, 1.165) is 0 Å². The van der Waals surface area contributed by atoms with Gasteiger partial charge in [0.25, 0.3) is 0 Å². The minimum absolute atomic E-state index is 0.156. The van der Waals surface area contributed by atoms with Gasteiger partial charge in [-0.05, 0) is 0 Å². The van der Waals surface area contributed by atoms with Crippen molar-refractivity contribution in [2.75, 3.05) is 13.2 Å². The Kier molecular flexibility index (Phi) is 2.62. The number of rotatable bonds is 1. The number of ether oxygens (including phenoxy) is 1. The first-order valence-corrected chi connectivity index (χ1v) is 3.07. The summed E-state index contributed by atoms with van der Waals surface area (Å²) in [6.45, 7) is -0.122. The molecule has 0 spiro atoms. The molecule has 1 aliphatic heterocycles. The Bertz CT molecular complexity index is 106. The van der Waals surface area contributed by atoms with Crippen LogP contribution in [-0.4, -0.2) is 46.8 Å². The average Bonchev–Trinajstić information content (AvgIpc) is 1.95. The van der Waals surface area contributed by atoms with Crippen molar-refractivity contribution >= 4 is 0 Å². The lowest BCUT2D eigenvalue weighted by atomic mass is 10.0. The summed E-state index contributed by atoms with van der Waals surface area (Å²) in [5.41, 5.74) is 0. The smallest absolute Gasteiger partial charge is 0.109 e. The first-order chi connectivity index (χ1) is 4.75. The minimum atomic E-state index is -1.04. The van der Waals surface area contributed by atoms with Crippen LogP contribution in [-0.2, 0) is 4.74 Å². The third-order valence-electron chi connectivity index (χ3n) is 1.47. The van der Waals surface area contributed by atoms with Crippen LogP contribution in [0, 0.1) is 6.42 Å². The topological polar surface area (TPSA) is 69.9 Å². The maximum atomic E-state index is 9.04. The van der Waals surface area contributed by atoms with E-state index < -0.39 is 18.3 Å². The van der Waals surface area contributed by atoms with Crippen molar-refractivity contribution in [3.05, 3.63) is 6.42 Å². The molecule has 0 saturated carbocycles. The van der Waals surface area contributed by atoms with Crippen molar-refractivity contribution in [3.8, 4) is 0 Å². The molecule has 2 radical (unpaired) electrons. The zero-order chi connectivity index (χ0) is 7.56. The third-order valence-corrected chi connectivity index (χ3v) is 1.47. The highest BCUT2D eigenvalue weighted by Crippen LogP contribution is 2.12. The predicted molar refractivity (Wildman–Crippen MR) is 32.1 cm³/mol. The van der Waals surface area contributed by atoms with Gasteiger partial charge in [0.1, 0.15) is 12.2 Å². The second kappa shape index (κ2) is 3.30. The van der Waals surface area contributed by atoms with Gasteiger partial charge in [0.05, 0.1) is 19.3 Å². The lowest BCUT2D eigenvalue weighted by Gasteiger charge is -2.29. The van der Waals surface area contributed by atoms with Gasteiger partial charge >= 0.3 is 0 Å². The zero-order valence-corrected chi connectivity index (χ0v) is 5.40. The Morgan fingerprint density at radius 1 is 1.50 bits per heavy atom. The van der Waals surface area contributed by atoms with Gasteiger partial charge in [0.15, 0.2) is 0 Å². The van der Waals surface area contributed by atoms with Crippen LogP contribution in [0.4, 0.5) is 0 Å². The molecule has 0 amide bonds. The second-order valence-electron chi connectivity index (χ2n) is 2.17. The molecule has 4 heteroatoms. The Hall–Kier alpha value is -0.160. The summed E-state index contributed by atoms with van der Waals surface area (Å²) >= 11 is 0. The summed E-state index contributed by atoms with van der Waals surface area (Å²) < 4.78 is 4.84. The molecular weight excluding hydrogens is 136 g/mol. The van der Waals surface area contributed by atoms with Crippen LogP contribution in [0.15, 0.2) is 0 Å². The fourth-order valence-corrected chi connectivity index (χ4v) is 0.824. The highest BCUT2D eigenvalue weighted by Gasteiger charge is 2.30. The van der Waals surface area contributed by atoms with Crippen LogP contribution < -0.4 is 0 Å². The number of hydrogen-bond acceptors (Lipinski definition) is 4. The molecular formula is C6H10O4. The molecule has 1 heterocycles.